The van der Waals surface area contributed by atoms with Crippen molar-refractivity contribution in [1.29, 1.82) is 0 Å². The molecule has 3 aromatic rings. The molecule has 1 atom stereocenters. The van der Waals surface area contributed by atoms with Gasteiger partial charge in [0.2, 0.25) is 5.72 Å². The topological polar surface area (TPSA) is 83.4 Å². The van der Waals surface area contributed by atoms with Gasteiger partial charge < -0.3 is 22.1 Å². The van der Waals surface area contributed by atoms with Crippen molar-refractivity contribution in [2.24, 2.45) is 0 Å². The number of rotatable bonds is 10. The Hall–Kier alpha value is -2.84. The van der Waals surface area contributed by atoms with E-state index in [9.17, 15) is 15.2 Å². The van der Waals surface area contributed by atoms with Crippen LogP contribution in [0.4, 0.5) is 11.6 Å². The van der Waals surface area contributed by atoms with Crippen LogP contribution in [0.3, 0.4) is 0 Å². The molecule has 180 valence electrons. The lowest BCUT2D eigenvalue weighted by Gasteiger charge is -2.28. The van der Waals surface area contributed by atoms with E-state index >= 15 is 0 Å². The number of halogens is 1. The second-order valence-electron chi connectivity index (χ2n) is 8.66. The number of anilines is 1. The molecule has 0 aliphatic carbocycles. The quantitative estimate of drug-likeness (QED) is 0.189. The van der Waals surface area contributed by atoms with Crippen LogP contribution in [0.5, 0.6) is 0 Å². The Morgan fingerprint density at radius 3 is 2.29 bits per heavy atom. The summed E-state index contributed by atoms with van der Waals surface area (Å²) in [6.45, 7) is 3.38. The molecule has 0 bridgehead atoms. The van der Waals surface area contributed by atoms with E-state index in [2.05, 4.69) is 11.9 Å². The number of aromatic nitrogens is 2. The molecule has 2 aromatic carbocycles. The van der Waals surface area contributed by atoms with Gasteiger partial charge in [0.25, 0.3) is 5.69 Å². The normalized spacial score (nSPS) is 16.7. The van der Waals surface area contributed by atoms with Crippen molar-refractivity contribution in [1.82, 2.24) is 4.98 Å². The van der Waals surface area contributed by atoms with E-state index in [1.54, 1.807) is 18.3 Å². The molecular formula is C26H31BrN4O3. The van der Waals surface area contributed by atoms with E-state index in [0.29, 0.717) is 6.54 Å². The van der Waals surface area contributed by atoms with Crippen LogP contribution in [0.25, 0.3) is 11.1 Å². The molecule has 0 saturated heterocycles. The average Bonchev–Trinajstić information content (AvgIpc) is 3.14. The number of hydrogen-bond acceptors (Lipinski definition) is 5. The van der Waals surface area contributed by atoms with Crippen molar-refractivity contribution in [2.75, 3.05) is 11.4 Å². The fourth-order valence-corrected chi connectivity index (χ4v) is 4.52. The zero-order valence-corrected chi connectivity index (χ0v) is 21.0. The van der Waals surface area contributed by atoms with Crippen molar-refractivity contribution < 1.29 is 31.6 Å². The highest BCUT2D eigenvalue weighted by molar-refractivity contribution is 5.65. The van der Waals surface area contributed by atoms with Crippen LogP contribution in [0.1, 0.15) is 51.0 Å². The number of nitro groups is 1. The minimum Gasteiger partial charge on any atom is -1.00 e. The van der Waals surface area contributed by atoms with E-state index in [-0.39, 0.29) is 22.7 Å². The molecule has 0 fully saturated rings. The van der Waals surface area contributed by atoms with Crippen molar-refractivity contribution in [3.05, 3.63) is 82.7 Å². The van der Waals surface area contributed by atoms with Gasteiger partial charge >= 0.3 is 5.95 Å². The highest BCUT2D eigenvalue weighted by Gasteiger charge is 2.51. The molecule has 2 heterocycles. The number of unbranched alkanes of at least 4 members (excludes halogenated alkanes) is 5. The molecule has 0 unspecified atom stereocenters. The van der Waals surface area contributed by atoms with Gasteiger partial charge in [0.05, 0.1) is 17.7 Å². The third-order valence-electron chi connectivity index (χ3n) is 6.37. The second-order valence-corrected chi connectivity index (χ2v) is 8.66. The third kappa shape index (κ3) is 5.45. The Kier molecular flexibility index (Phi) is 8.74. The van der Waals surface area contributed by atoms with Crippen LogP contribution < -0.4 is 26.4 Å². The Morgan fingerprint density at radius 1 is 1.03 bits per heavy atom. The lowest BCUT2D eigenvalue weighted by Crippen LogP contribution is -3.00. The summed E-state index contributed by atoms with van der Waals surface area (Å²) < 4.78 is 2.00. The maximum atomic E-state index is 11.8. The van der Waals surface area contributed by atoms with E-state index in [0.717, 1.165) is 42.0 Å². The number of nitrogens with zero attached hydrogens (tertiary/aromatic N) is 4. The molecule has 0 saturated carbocycles. The minimum absolute atomic E-state index is 0. The van der Waals surface area contributed by atoms with Crippen molar-refractivity contribution in [3.8, 4) is 11.1 Å². The monoisotopic (exact) mass is 526 g/mol. The molecular weight excluding hydrogens is 496 g/mol. The third-order valence-corrected chi connectivity index (χ3v) is 6.37. The fraction of sp³-hybridized carbons (Fsp3) is 0.385. The highest BCUT2D eigenvalue weighted by Crippen LogP contribution is 2.35. The van der Waals surface area contributed by atoms with Crippen molar-refractivity contribution in [2.45, 2.75) is 57.7 Å². The summed E-state index contributed by atoms with van der Waals surface area (Å²) in [6.07, 6.45) is 10.8. The molecule has 4 rings (SSSR count). The molecule has 1 aliphatic rings. The van der Waals surface area contributed by atoms with Crippen molar-refractivity contribution in [3.63, 3.8) is 0 Å². The first-order valence-electron chi connectivity index (χ1n) is 11.7. The van der Waals surface area contributed by atoms with E-state index in [1.165, 1.54) is 37.8 Å². The van der Waals surface area contributed by atoms with Gasteiger partial charge in [-0.05, 0) is 29.7 Å². The molecule has 7 nitrogen and oxygen atoms in total. The smallest absolute Gasteiger partial charge is 0.396 e. The number of benzene rings is 2. The largest absolute Gasteiger partial charge is 1.00 e. The summed E-state index contributed by atoms with van der Waals surface area (Å²) in [6, 6.07) is 16.2. The number of aliphatic hydroxyl groups is 1. The number of hydrogen-bond donors (Lipinski definition) is 1. The molecule has 1 N–H and O–H groups in total. The Balaban J connectivity index is 0.00000324. The van der Waals surface area contributed by atoms with Gasteiger partial charge in [-0.15, -0.1) is 0 Å². The number of nitro benzene ring substituents is 1. The molecule has 0 amide bonds. The average molecular weight is 527 g/mol. The Morgan fingerprint density at radius 2 is 1.65 bits per heavy atom. The van der Waals surface area contributed by atoms with Crippen LogP contribution >= 0.6 is 0 Å². The highest BCUT2D eigenvalue weighted by atomic mass is 79.9. The van der Waals surface area contributed by atoms with Crippen LogP contribution in [0, 0.1) is 10.1 Å². The van der Waals surface area contributed by atoms with Gasteiger partial charge in [-0.1, -0.05) is 68.3 Å². The lowest BCUT2D eigenvalue weighted by molar-refractivity contribution is -0.685. The summed E-state index contributed by atoms with van der Waals surface area (Å²) >= 11 is 0. The summed E-state index contributed by atoms with van der Waals surface area (Å²) in [4.78, 5) is 17.1. The summed E-state index contributed by atoms with van der Waals surface area (Å²) in [7, 11) is 0. The molecule has 8 heteroatoms. The van der Waals surface area contributed by atoms with Gasteiger partial charge in [-0.2, -0.15) is 0 Å². The predicted octanol–water partition coefficient (Wildman–Crippen LogP) is 1.97. The Bertz CT molecular complexity index is 1090. The second kappa shape index (κ2) is 11.5. The molecule has 0 spiro atoms. The zero-order valence-electron chi connectivity index (χ0n) is 19.4. The lowest BCUT2D eigenvalue weighted by atomic mass is 9.97. The SMILES string of the molecule is CCCCCCCCN1c2nccc[n+]2C[C@@]1(O)c1ccc(-c2ccc([N+](=O)[O-])cc2)cc1.[Br-]. The zero-order chi connectivity index (χ0) is 23.3. The minimum atomic E-state index is -1.17. The molecule has 1 aliphatic heterocycles. The van der Waals surface area contributed by atoms with Crippen molar-refractivity contribution >= 4 is 11.6 Å². The first-order valence-corrected chi connectivity index (χ1v) is 11.7. The van der Waals surface area contributed by atoms with E-state index in [4.69, 9.17) is 0 Å². The van der Waals surface area contributed by atoms with Gasteiger partial charge in [0, 0.05) is 23.8 Å². The maximum absolute atomic E-state index is 11.8. The first kappa shape index (κ1) is 25.8. The van der Waals surface area contributed by atoms with Gasteiger partial charge in [-0.3, -0.25) is 10.1 Å². The van der Waals surface area contributed by atoms with E-state index < -0.39 is 10.6 Å². The van der Waals surface area contributed by atoms with Gasteiger partial charge in [-0.25, -0.2) is 9.47 Å². The summed E-state index contributed by atoms with van der Waals surface area (Å²) in [5.41, 5.74) is 1.56. The van der Waals surface area contributed by atoms with Crippen LogP contribution in [-0.4, -0.2) is 21.6 Å². The predicted molar refractivity (Wildman–Crippen MR) is 128 cm³/mol. The van der Waals surface area contributed by atoms with E-state index in [1.807, 2.05) is 46.0 Å². The molecule has 34 heavy (non-hydrogen) atoms. The number of fused-ring (bicyclic) bond motifs is 1. The standard InChI is InChI=1S/C26H31N4O3.BrH/c1-2-3-4-5-6-7-19-29-25-27-17-8-18-28(25)20-26(29,31)23-13-9-21(10-14-23)22-11-15-24(16-12-22)30(32)33;/h8-18,31H,2-7,19-20H2,1H3;1H/q+1;/p-1/t26-;/m1./s1. The molecule has 1 aromatic heterocycles. The van der Waals surface area contributed by atoms with Crippen LogP contribution in [-0.2, 0) is 12.3 Å². The molecule has 0 radical (unpaired) electrons. The maximum Gasteiger partial charge on any atom is 0.396 e. The summed E-state index contributed by atoms with van der Waals surface area (Å²) in [5, 5.41) is 22.7. The number of non-ortho nitro benzene ring substituents is 1. The van der Waals surface area contributed by atoms with Gasteiger partial charge in [0.15, 0.2) is 0 Å². The Labute approximate surface area is 211 Å². The van der Waals surface area contributed by atoms with Gasteiger partial charge in [0.1, 0.15) is 12.7 Å². The van der Waals surface area contributed by atoms with Crippen LogP contribution in [0.15, 0.2) is 67.0 Å². The van der Waals surface area contributed by atoms with Crippen LogP contribution in [0.2, 0.25) is 0 Å². The summed E-state index contributed by atoms with van der Waals surface area (Å²) in [5.74, 6) is 0.785. The first-order chi connectivity index (χ1) is 16.0. The fourth-order valence-electron chi connectivity index (χ4n) is 4.52.